The molecule has 0 radical (unpaired) electrons. The van der Waals surface area contributed by atoms with E-state index in [1.807, 2.05) is 30.7 Å². The molecule has 0 aliphatic carbocycles. The second-order valence-corrected chi connectivity index (χ2v) is 11.1. The van der Waals surface area contributed by atoms with Gasteiger partial charge in [-0.2, -0.15) is 5.10 Å². The van der Waals surface area contributed by atoms with Gasteiger partial charge in [-0.15, -0.1) is 0 Å². The second-order valence-electron chi connectivity index (χ2n) is 11.1. The van der Waals surface area contributed by atoms with Crippen LogP contribution in [-0.4, -0.2) is 65.0 Å². The molecule has 2 amide bonds. The summed E-state index contributed by atoms with van der Waals surface area (Å²) in [6.07, 6.45) is 8.50. The minimum Gasteiger partial charge on any atom is -0.357 e. The first-order valence-electron chi connectivity index (χ1n) is 13.7. The number of dihydropyridines is 1. The molecule has 0 bridgehead atoms. The molecule has 3 aliphatic heterocycles. The van der Waals surface area contributed by atoms with Gasteiger partial charge in [-0.1, -0.05) is 5.57 Å². The van der Waals surface area contributed by atoms with Gasteiger partial charge in [-0.3, -0.25) is 9.59 Å². The Bertz CT molecular complexity index is 1230. The van der Waals surface area contributed by atoms with Crippen LogP contribution in [0.2, 0.25) is 0 Å². The maximum atomic E-state index is 13.5. The van der Waals surface area contributed by atoms with Crippen LogP contribution in [0, 0.1) is 17.8 Å². The molecule has 2 aromatic rings. The smallest absolute Gasteiger partial charge is 0.254 e. The third-order valence-electron chi connectivity index (χ3n) is 8.24. The highest BCUT2D eigenvalue weighted by molar-refractivity contribution is 6.07. The van der Waals surface area contributed by atoms with Crippen molar-refractivity contribution in [1.29, 1.82) is 0 Å². The highest BCUT2D eigenvalue weighted by atomic mass is 16.2. The number of hydrogen-bond donors (Lipinski definition) is 2. The maximum Gasteiger partial charge on any atom is 0.254 e. The Morgan fingerprint density at radius 1 is 1.14 bits per heavy atom. The Kier molecular flexibility index (Phi) is 7.42. The first-order valence-corrected chi connectivity index (χ1v) is 13.7. The molecule has 1 unspecified atom stereocenters. The normalized spacial score (nSPS) is 21.9. The molecule has 2 saturated heterocycles. The highest BCUT2D eigenvalue weighted by Gasteiger charge is 2.30. The van der Waals surface area contributed by atoms with Crippen LogP contribution in [0.4, 0.5) is 5.82 Å². The lowest BCUT2D eigenvalue weighted by Crippen LogP contribution is -2.40. The van der Waals surface area contributed by atoms with Crippen LogP contribution in [0.25, 0.3) is 11.0 Å². The zero-order valence-electron chi connectivity index (χ0n) is 22.5. The van der Waals surface area contributed by atoms with Gasteiger partial charge in [-0.25, -0.2) is 14.7 Å². The van der Waals surface area contributed by atoms with Crippen LogP contribution in [-0.2, 0) is 4.79 Å². The number of nitrogens with one attached hydrogen (secondary N) is 2. The molecule has 5 rings (SSSR count). The number of rotatable bonds is 6. The van der Waals surface area contributed by atoms with Crippen molar-refractivity contribution in [2.75, 3.05) is 37.6 Å². The number of pyridine rings is 1. The van der Waals surface area contributed by atoms with Gasteiger partial charge in [0.1, 0.15) is 5.82 Å². The van der Waals surface area contributed by atoms with E-state index in [0.717, 1.165) is 73.3 Å². The third kappa shape index (κ3) is 5.32. The molecular weight excluding hydrogens is 466 g/mol. The maximum absolute atomic E-state index is 13.5. The lowest BCUT2D eigenvalue weighted by Gasteiger charge is -2.38. The topological polar surface area (TPSA) is 105 Å². The standard InChI is InChI=1S/C28H39N7O2/c1-17(2)35-26-24(16-31-35)22(27(36)30-15-23-18(3)13-19(4)32-28(23)37)14-25(33-26)34-11-7-21(8-12-34)20-5-9-29-10-6-20/h13-14,16-17,20-21,23,29H,5-12,15H2,1-4H3,(H,30,36). The Balaban J connectivity index is 1.37. The monoisotopic (exact) mass is 505 g/mol. The summed E-state index contributed by atoms with van der Waals surface area (Å²) in [6.45, 7) is 12.2. The molecule has 198 valence electrons. The largest absolute Gasteiger partial charge is 0.357 e. The minimum atomic E-state index is -0.433. The lowest BCUT2D eigenvalue weighted by atomic mass is 9.79. The van der Waals surface area contributed by atoms with Crippen LogP contribution in [0.1, 0.15) is 69.8 Å². The van der Waals surface area contributed by atoms with Crippen LogP contribution >= 0.6 is 0 Å². The molecule has 0 saturated carbocycles. The van der Waals surface area contributed by atoms with Crippen molar-refractivity contribution in [2.24, 2.45) is 22.7 Å². The van der Waals surface area contributed by atoms with E-state index in [1.165, 1.54) is 12.8 Å². The third-order valence-corrected chi connectivity index (χ3v) is 8.24. The SMILES string of the molecule is CC1=CC(C)=NC(=O)C1CNC(=O)c1cc(N2CCC(C3CCNCC3)CC2)nc2c1cnn2C(C)C. The van der Waals surface area contributed by atoms with Crippen molar-refractivity contribution in [2.45, 2.75) is 59.4 Å². The van der Waals surface area contributed by atoms with Crippen molar-refractivity contribution >= 4 is 34.4 Å². The van der Waals surface area contributed by atoms with E-state index in [1.54, 1.807) is 6.20 Å². The van der Waals surface area contributed by atoms with Gasteiger partial charge in [0.15, 0.2) is 5.65 Å². The summed E-state index contributed by atoms with van der Waals surface area (Å²) in [4.78, 5) is 37.3. The fourth-order valence-corrected chi connectivity index (χ4v) is 6.10. The van der Waals surface area contributed by atoms with Crippen LogP contribution in [0.15, 0.2) is 28.9 Å². The van der Waals surface area contributed by atoms with Gasteiger partial charge in [0.25, 0.3) is 11.8 Å². The number of anilines is 1. The lowest BCUT2D eigenvalue weighted by molar-refractivity contribution is -0.120. The average molecular weight is 506 g/mol. The van der Waals surface area contributed by atoms with E-state index in [4.69, 9.17) is 4.98 Å². The van der Waals surface area contributed by atoms with E-state index < -0.39 is 5.92 Å². The number of amides is 2. The summed E-state index contributed by atoms with van der Waals surface area (Å²) in [5, 5.41) is 11.8. The Morgan fingerprint density at radius 2 is 1.84 bits per heavy atom. The number of nitrogens with zero attached hydrogens (tertiary/aromatic N) is 5. The summed E-state index contributed by atoms with van der Waals surface area (Å²) in [6, 6.07) is 2.03. The van der Waals surface area contributed by atoms with Gasteiger partial charge < -0.3 is 15.5 Å². The summed E-state index contributed by atoms with van der Waals surface area (Å²) >= 11 is 0. The fourth-order valence-electron chi connectivity index (χ4n) is 6.10. The predicted molar refractivity (Wildman–Crippen MR) is 146 cm³/mol. The van der Waals surface area contributed by atoms with E-state index in [-0.39, 0.29) is 24.4 Å². The zero-order valence-corrected chi connectivity index (χ0v) is 22.5. The van der Waals surface area contributed by atoms with Crippen molar-refractivity contribution in [3.63, 3.8) is 0 Å². The average Bonchev–Trinajstić information content (AvgIpc) is 3.32. The molecule has 2 N–H and O–H groups in total. The van der Waals surface area contributed by atoms with E-state index in [0.29, 0.717) is 11.3 Å². The first-order chi connectivity index (χ1) is 17.8. The molecule has 5 heterocycles. The minimum absolute atomic E-state index is 0.121. The van der Waals surface area contributed by atoms with Crippen molar-refractivity contribution in [3.8, 4) is 0 Å². The molecule has 0 spiro atoms. The van der Waals surface area contributed by atoms with Crippen LogP contribution < -0.4 is 15.5 Å². The van der Waals surface area contributed by atoms with Gasteiger partial charge in [0, 0.05) is 31.4 Å². The number of carbonyl (C=O) groups excluding carboxylic acids is 2. The van der Waals surface area contributed by atoms with Crippen molar-refractivity contribution in [3.05, 3.63) is 29.5 Å². The van der Waals surface area contributed by atoms with E-state index >= 15 is 0 Å². The number of aromatic nitrogens is 3. The number of piperidine rings is 2. The highest BCUT2D eigenvalue weighted by Crippen LogP contribution is 2.33. The first kappa shape index (κ1) is 25.6. The Labute approximate surface area is 218 Å². The molecule has 9 heteroatoms. The van der Waals surface area contributed by atoms with Crippen molar-refractivity contribution in [1.82, 2.24) is 25.4 Å². The Hall–Kier alpha value is -3.07. The van der Waals surface area contributed by atoms with Crippen LogP contribution in [0.5, 0.6) is 0 Å². The summed E-state index contributed by atoms with van der Waals surface area (Å²) in [7, 11) is 0. The fraction of sp³-hybridized carbons (Fsp3) is 0.607. The van der Waals surface area contributed by atoms with E-state index in [9.17, 15) is 9.59 Å². The molecule has 3 aliphatic rings. The van der Waals surface area contributed by atoms with Gasteiger partial charge >= 0.3 is 0 Å². The number of hydrogen-bond acceptors (Lipinski definition) is 6. The predicted octanol–water partition coefficient (Wildman–Crippen LogP) is 3.52. The number of carbonyl (C=O) groups is 2. The number of fused-ring (bicyclic) bond motifs is 1. The van der Waals surface area contributed by atoms with Crippen LogP contribution in [0.3, 0.4) is 0 Å². The Morgan fingerprint density at radius 3 is 2.51 bits per heavy atom. The summed E-state index contributed by atoms with van der Waals surface area (Å²) < 4.78 is 1.88. The van der Waals surface area contributed by atoms with Gasteiger partial charge in [0.2, 0.25) is 0 Å². The molecule has 2 aromatic heterocycles. The molecule has 1 atom stereocenters. The van der Waals surface area contributed by atoms with E-state index in [2.05, 4.69) is 39.5 Å². The number of allylic oxidation sites excluding steroid dienone is 1. The summed E-state index contributed by atoms with van der Waals surface area (Å²) in [5.41, 5.74) is 2.90. The second kappa shape index (κ2) is 10.7. The van der Waals surface area contributed by atoms with Gasteiger partial charge in [0.05, 0.1) is 23.1 Å². The zero-order chi connectivity index (χ0) is 26.1. The number of aliphatic imine (C=N–C) groups is 1. The molecule has 0 aromatic carbocycles. The summed E-state index contributed by atoms with van der Waals surface area (Å²) in [5.74, 6) is 1.55. The molecular formula is C28H39N7O2. The molecule has 37 heavy (non-hydrogen) atoms. The molecule has 2 fully saturated rings. The quantitative estimate of drug-likeness (QED) is 0.623. The van der Waals surface area contributed by atoms with Gasteiger partial charge in [-0.05, 0) is 90.4 Å². The van der Waals surface area contributed by atoms with Crippen molar-refractivity contribution < 1.29 is 9.59 Å². The molecule has 9 nitrogen and oxygen atoms in total.